The first kappa shape index (κ1) is 16.8. The molecular weight excluding hydrogens is 258 g/mol. The maximum atomic E-state index is 12.8. The Bertz CT molecular complexity index is 354. The summed E-state index contributed by atoms with van der Waals surface area (Å²) in [5, 5.41) is 11.9. The highest BCUT2D eigenvalue weighted by Crippen LogP contribution is 2.35. The third-order valence-electron chi connectivity index (χ3n) is 3.98. The quantitative estimate of drug-likeness (QED) is 0.304. The molecule has 116 valence electrons. The van der Waals surface area contributed by atoms with Gasteiger partial charge in [0.1, 0.15) is 5.92 Å². The highest BCUT2D eigenvalue weighted by atomic mass is 16.5. The van der Waals surface area contributed by atoms with Crippen LogP contribution in [0.1, 0.15) is 33.6 Å². The van der Waals surface area contributed by atoms with Crippen molar-refractivity contribution in [3.63, 3.8) is 0 Å². The number of rotatable bonds is 8. The van der Waals surface area contributed by atoms with Crippen molar-refractivity contribution in [1.82, 2.24) is 4.90 Å². The lowest BCUT2D eigenvalue weighted by Crippen LogP contribution is -2.49. The highest BCUT2D eigenvalue weighted by Gasteiger charge is 2.38. The van der Waals surface area contributed by atoms with Crippen molar-refractivity contribution in [2.45, 2.75) is 39.7 Å². The Labute approximate surface area is 120 Å². The molecule has 1 amide bonds. The Morgan fingerprint density at radius 2 is 2.05 bits per heavy atom. The number of amides is 1. The van der Waals surface area contributed by atoms with Gasteiger partial charge in [-0.05, 0) is 31.6 Å². The van der Waals surface area contributed by atoms with E-state index >= 15 is 0 Å². The van der Waals surface area contributed by atoms with Crippen LogP contribution in [0.5, 0.6) is 0 Å². The molecule has 0 radical (unpaired) electrons. The molecule has 20 heavy (non-hydrogen) atoms. The average Bonchev–Trinajstić information content (AvgIpc) is 3.22. The zero-order chi connectivity index (χ0) is 15.3. The van der Waals surface area contributed by atoms with Gasteiger partial charge >= 0.3 is 0 Å². The first-order valence-corrected chi connectivity index (χ1v) is 7.20. The van der Waals surface area contributed by atoms with Gasteiger partial charge in [0.15, 0.2) is 5.84 Å². The first-order valence-electron chi connectivity index (χ1n) is 7.20. The first-order chi connectivity index (χ1) is 9.43. The number of nitrogens with two attached hydrogens (primary N) is 1. The van der Waals surface area contributed by atoms with Crippen molar-refractivity contribution in [3.05, 3.63) is 0 Å². The van der Waals surface area contributed by atoms with E-state index < -0.39 is 5.92 Å². The molecule has 0 bridgehead atoms. The average molecular weight is 285 g/mol. The predicted molar refractivity (Wildman–Crippen MR) is 77.5 cm³/mol. The third-order valence-corrected chi connectivity index (χ3v) is 3.98. The van der Waals surface area contributed by atoms with Crippen LogP contribution in [0.25, 0.3) is 0 Å². The molecule has 1 aliphatic carbocycles. The summed E-state index contributed by atoms with van der Waals surface area (Å²) in [5.41, 5.74) is 5.70. The second kappa shape index (κ2) is 7.47. The van der Waals surface area contributed by atoms with E-state index in [1.54, 1.807) is 7.11 Å². The molecule has 1 saturated carbocycles. The standard InChI is InChI=1S/C14H27N3O3/c1-9(2)12(13(15)16-19)14(18)17(7-8-20-4)10(3)11-5-6-11/h9-12,19H,5-8H2,1-4H3,(H2,15,16). The fourth-order valence-electron chi connectivity index (χ4n) is 2.53. The molecule has 0 aromatic carbocycles. The monoisotopic (exact) mass is 285 g/mol. The zero-order valence-corrected chi connectivity index (χ0v) is 12.9. The Morgan fingerprint density at radius 3 is 2.45 bits per heavy atom. The van der Waals surface area contributed by atoms with Gasteiger partial charge in [-0.3, -0.25) is 4.79 Å². The number of hydrogen-bond acceptors (Lipinski definition) is 4. The van der Waals surface area contributed by atoms with Crippen molar-refractivity contribution in [1.29, 1.82) is 0 Å². The molecule has 0 aromatic rings. The maximum absolute atomic E-state index is 12.8. The molecular formula is C14H27N3O3. The molecule has 2 atom stereocenters. The summed E-state index contributed by atoms with van der Waals surface area (Å²) in [6.07, 6.45) is 2.32. The largest absolute Gasteiger partial charge is 0.409 e. The van der Waals surface area contributed by atoms with Crippen molar-refractivity contribution in [2.24, 2.45) is 28.6 Å². The lowest BCUT2D eigenvalue weighted by atomic mass is 9.92. The highest BCUT2D eigenvalue weighted by molar-refractivity contribution is 6.02. The van der Waals surface area contributed by atoms with Gasteiger partial charge in [0, 0.05) is 19.7 Å². The van der Waals surface area contributed by atoms with Crippen molar-refractivity contribution in [3.8, 4) is 0 Å². The number of ether oxygens (including phenoxy) is 1. The molecule has 3 N–H and O–H groups in total. The number of oxime groups is 1. The van der Waals surface area contributed by atoms with Gasteiger partial charge in [0.25, 0.3) is 0 Å². The summed E-state index contributed by atoms with van der Waals surface area (Å²) in [4.78, 5) is 14.6. The number of amidine groups is 1. The van der Waals surface area contributed by atoms with Crippen LogP contribution < -0.4 is 5.73 Å². The van der Waals surface area contributed by atoms with Crippen molar-refractivity contribution < 1.29 is 14.7 Å². The minimum atomic E-state index is -0.585. The van der Waals surface area contributed by atoms with E-state index in [9.17, 15) is 4.79 Å². The second-order valence-electron chi connectivity index (χ2n) is 5.85. The maximum Gasteiger partial charge on any atom is 0.233 e. The van der Waals surface area contributed by atoms with E-state index in [2.05, 4.69) is 12.1 Å². The fourth-order valence-corrected chi connectivity index (χ4v) is 2.53. The van der Waals surface area contributed by atoms with E-state index in [1.807, 2.05) is 18.7 Å². The fraction of sp³-hybridized carbons (Fsp3) is 0.857. The Hall–Kier alpha value is -1.30. The van der Waals surface area contributed by atoms with Crippen molar-refractivity contribution in [2.75, 3.05) is 20.3 Å². The molecule has 0 saturated heterocycles. The van der Waals surface area contributed by atoms with Crippen LogP contribution in [0.3, 0.4) is 0 Å². The normalized spacial score (nSPS) is 18.9. The van der Waals surface area contributed by atoms with E-state index in [0.717, 1.165) is 12.8 Å². The lowest BCUT2D eigenvalue weighted by molar-refractivity contribution is -0.137. The van der Waals surface area contributed by atoms with Crippen LogP contribution >= 0.6 is 0 Å². The van der Waals surface area contributed by atoms with Gasteiger partial charge in [-0.15, -0.1) is 0 Å². The molecule has 0 aromatic heterocycles. The number of nitrogens with zero attached hydrogens (tertiary/aromatic N) is 2. The van der Waals surface area contributed by atoms with Crippen LogP contribution in [-0.2, 0) is 9.53 Å². The molecule has 0 aliphatic heterocycles. The molecule has 1 fully saturated rings. The molecule has 0 spiro atoms. The summed E-state index contributed by atoms with van der Waals surface area (Å²) in [5.74, 6) is -0.133. The summed E-state index contributed by atoms with van der Waals surface area (Å²) < 4.78 is 5.10. The van der Waals surface area contributed by atoms with Gasteiger partial charge in [0.05, 0.1) is 6.61 Å². The van der Waals surface area contributed by atoms with Crippen LogP contribution in [-0.4, -0.2) is 48.2 Å². The van der Waals surface area contributed by atoms with Gasteiger partial charge < -0.3 is 20.6 Å². The van der Waals surface area contributed by atoms with Crippen molar-refractivity contribution >= 4 is 11.7 Å². The predicted octanol–water partition coefficient (Wildman–Crippen LogP) is 1.28. The molecule has 6 heteroatoms. The summed E-state index contributed by atoms with van der Waals surface area (Å²) in [6, 6.07) is 0.172. The third kappa shape index (κ3) is 4.10. The topological polar surface area (TPSA) is 88.2 Å². The number of carbonyl (C=O) groups excluding carboxylic acids is 1. The second-order valence-corrected chi connectivity index (χ2v) is 5.85. The molecule has 1 aliphatic rings. The van der Waals surface area contributed by atoms with Gasteiger partial charge in [-0.1, -0.05) is 19.0 Å². The van der Waals surface area contributed by atoms with Crippen LogP contribution in [0.2, 0.25) is 0 Å². The van der Waals surface area contributed by atoms with E-state index in [0.29, 0.717) is 19.1 Å². The van der Waals surface area contributed by atoms with Crippen LogP contribution in [0, 0.1) is 17.8 Å². The molecule has 1 rings (SSSR count). The Morgan fingerprint density at radius 1 is 1.45 bits per heavy atom. The minimum Gasteiger partial charge on any atom is -0.409 e. The van der Waals surface area contributed by atoms with Crippen LogP contribution in [0.4, 0.5) is 0 Å². The smallest absolute Gasteiger partial charge is 0.233 e. The zero-order valence-electron chi connectivity index (χ0n) is 12.9. The number of methoxy groups -OCH3 is 1. The van der Waals surface area contributed by atoms with E-state index in [1.165, 1.54) is 0 Å². The minimum absolute atomic E-state index is 0.0181. The van der Waals surface area contributed by atoms with Gasteiger partial charge in [-0.25, -0.2) is 0 Å². The Kier molecular flexibility index (Phi) is 6.26. The van der Waals surface area contributed by atoms with Gasteiger partial charge in [0.2, 0.25) is 5.91 Å². The Balaban J connectivity index is 2.88. The van der Waals surface area contributed by atoms with E-state index in [-0.39, 0.29) is 23.7 Å². The molecule has 6 nitrogen and oxygen atoms in total. The van der Waals surface area contributed by atoms with E-state index in [4.69, 9.17) is 15.7 Å². The SMILES string of the molecule is COCCN(C(=O)C(C(N)=NO)C(C)C)C(C)C1CC1. The lowest BCUT2D eigenvalue weighted by Gasteiger charge is -2.33. The summed E-state index contributed by atoms with van der Waals surface area (Å²) in [6.45, 7) is 6.89. The number of carbonyl (C=O) groups is 1. The summed E-state index contributed by atoms with van der Waals surface area (Å²) >= 11 is 0. The van der Waals surface area contributed by atoms with Crippen LogP contribution in [0.15, 0.2) is 5.16 Å². The summed E-state index contributed by atoms with van der Waals surface area (Å²) in [7, 11) is 1.62. The molecule has 0 heterocycles. The molecule has 2 unspecified atom stereocenters. The number of hydrogen-bond donors (Lipinski definition) is 2. The van der Waals surface area contributed by atoms with Gasteiger partial charge in [-0.2, -0.15) is 0 Å².